The molecule has 0 radical (unpaired) electrons. The summed E-state index contributed by atoms with van der Waals surface area (Å²) in [6.45, 7) is 6.43. The van der Waals surface area contributed by atoms with Crippen molar-refractivity contribution >= 4 is 11.6 Å². The lowest BCUT2D eigenvalue weighted by atomic mass is 9.81. The van der Waals surface area contributed by atoms with E-state index in [9.17, 15) is 4.79 Å². The maximum Gasteiger partial charge on any atom is 0.232 e. The average Bonchev–Trinajstić information content (AvgIpc) is 2.62. The van der Waals surface area contributed by atoms with Gasteiger partial charge in [-0.05, 0) is 35.6 Å². The van der Waals surface area contributed by atoms with Crippen molar-refractivity contribution in [3.05, 3.63) is 23.8 Å². The Morgan fingerprint density at radius 2 is 2.00 bits per heavy atom. The number of rotatable bonds is 3. The zero-order valence-electron chi connectivity index (χ0n) is 10.8. The summed E-state index contributed by atoms with van der Waals surface area (Å²) in [5, 5.41) is 2.94. The van der Waals surface area contributed by atoms with Crippen molar-refractivity contribution in [2.75, 3.05) is 12.4 Å². The minimum absolute atomic E-state index is 0.0555. The highest BCUT2D eigenvalue weighted by atomic mass is 16.5. The number of methoxy groups -OCH3 is 1. The fourth-order valence-electron chi connectivity index (χ4n) is 2.30. The van der Waals surface area contributed by atoms with Crippen LogP contribution < -0.4 is 10.1 Å². The lowest BCUT2D eigenvalue weighted by Gasteiger charge is -2.21. The smallest absolute Gasteiger partial charge is 0.232 e. The summed E-state index contributed by atoms with van der Waals surface area (Å²) in [7, 11) is 1.65. The normalized spacial score (nSPS) is 20.1. The van der Waals surface area contributed by atoms with Crippen LogP contribution in [0.5, 0.6) is 5.75 Å². The molecule has 0 saturated carbocycles. The molecule has 0 fully saturated rings. The van der Waals surface area contributed by atoms with Gasteiger partial charge in [0.15, 0.2) is 0 Å². The van der Waals surface area contributed by atoms with Crippen LogP contribution in [0.2, 0.25) is 0 Å². The van der Waals surface area contributed by atoms with Gasteiger partial charge in [0.2, 0.25) is 5.91 Å². The van der Waals surface area contributed by atoms with Gasteiger partial charge in [-0.3, -0.25) is 4.79 Å². The van der Waals surface area contributed by atoms with E-state index < -0.39 is 0 Å². The van der Waals surface area contributed by atoms with Crippen LogP contribution in [0.3, 0.4) is 0 Å². The SMILES string of the molecule is COc1ccc2c(c1)C(C(C)C(C)C)C(=O)N2. The Balaban J connectivity index is 2.41. The second-order valence-corrected chi connectivity index (χ2v) is 5.02. The van der Waals surface area contributed by atoms with Gasteiger partial charge in [0.25, 0.3) is 0 Å². The van der Waals surface area contributed by atoms with Crippen LogP contribution in [0, 0.1) is 11.8 Å². The van der Waals surface area contributed by atoms with Crippen LogP contribution in [-0.2, 0) is 4.79 Å². The third kappa shape index (κ3) is 2.02. The molecule has 17 heavy (non-hydrogen) atoms. The van der Waals surface area contributed by atoms with Crippen LogP contribution in [-0.4, -0.2) is 13.0 Å². The molecule has 1 aliphatic heterocycles. The van der Waals surface area contributed by atoms with Crippen LogP contribution in [0.15, 0.2) is 18.2 Å². The van der Waals surface area contributed by atoms with E-state index in [1.807, 2.05) is 18.2 Å². The van der Waals surface area contributed by atoms with E-state index in [-0.39, 0.29) is 11.8 Å². The predicted octanol–water partition coefficient (Wildman–Crippen LogP) is 3.02. The number of fused-ring (bicyclic) bond motifs is 1. The maximum atomic E-state index is 12.0. The van der Waals surface area contributed by atoms with Gasteiger partial charge in [0, 0.05) is 5.69 Å². The van der Waals surface area contributed by atoms with Crippen molar-refractivity contribution in [2.24, 2.45) is 11.8 Å². The third-order valence-corrected chi connectivity index (χ3v) is 3.71. The Hall–Kier alpha value is -1.51. The summed E-state index contributed by atoms with van der Waals surface area (Å²) < 4.78 is 5.22. The van der Waals surface area contributed by atoms with Gasteiger partial charge >= 0.3 is 0 Å². The van der Waals surface area contributed by atoms with E-state index in [0.717, 1.165) is 17.0 Å². The number of anilines is 1. The molecule has 0 aliphatic carbocycles. The Labute approximate surface area is 102 Å². The molecule has 1 amide bonds. The molecule has 3 heteroatoms. The van der Waals surface area contributed by atoms with Crippen LogP contribution in [0.4, 0.5) is 5.69 Å². The first-order chi connectivity index (χ1) is 8.04. The molecule has 1 aliphatic rings. The van der Waals surface area contributed by atoms with Gasteiger partial charge in [0.05, 0.1) is 13.0 Å². The standard InChI is InChI=1S/C14H19NO2/c1-8(2)9(3)13-11-7-10(17-4)5-6-12(11)15-14(13)16/h5-9,13H,1-4H3,(H,15,16). The third-order valence-electron chi connectivity index (χ3n) is 3.71. The zero-order valence-corrected chi connectivity index (χ0v) is 10.8. The van der Waals surface area contributed by atoms with Crippen LogP contribution in [0.1, 0.15) is 32.3 Å². The molecule has 1 aromatic rings. The van der Waals surface area contributed by atoms with Gasteiger partial charge in [-0.15, -0.1) is 0 Å². The lowest BCUT2D eigenvalue weighted by Crippen LogP contribution is -2.22. The average molecular weight is 233 g/mol. The molecular formula is C14H19NO2. The van der Waals surface area contributed by atoms with Gasteiger partial charge < -0.3 is 10.1 Å². The summed E-state index contributed by atoms with van der Waals surface area (Å²) in [5.74, 6) is 1.65. The number of carbonyl (C=O) groups is 1. The van der Waals surface area contributed by atoms with E-state index in [1.54, 1.807) is 7.11 Å². The van der Waals surface area contributed by atoms with Crippen LogP contribution in [0.25, 0.3) is 0 Å². The van der Waals surface area contributed by atoms with Crippen molar-refractivity contribution in [2.45, 2.75) is 26.7 Å². The van der Waals surface area contributed by atoms with Gasteiger partial charge in [-0.2, -0.15) is 0 Å². The molecule has 0 saturated heterocycles. The lowest BCUT2D eigenvalue weighted by molar-refractivity contribution is -0.118. The van der Waals surface area contributed by atoms with Crippen molar-refractivity contribution in [3.8, 4) is 5.75 Å². The van der Waals surface area contributed by atoms with E-state index in [2.05, 4.69) is 26.1 Å². The zero-order chi connectivity index (χ0) is 12.6. The summed E-state index contributed by atoms with van der Waals surface area (Å²) in [5.41, 5.74) is 1.99. The molecule has 0 bridgehead atoms. The first-order valence-electron chi connectivity index (χ1n) is 6.03. The topological polar surface area (TPSA) is 38.3 Å². The number of hydrogen-bond donors (Lipinski definition) is 1. The second-order valence-electron chi connectivity index (χ2n) is 5.02. The molecule has 2 atom stereocenters. The molecule has 1 heterocycles. The van der Waals surface area contributed by atoms with E-state index in [4.69, 9.17) is 4.74 Å². The molecule has 2 rings (SSSR count). The molecule has 0 aromatic heterocycles. The number of hydrogen-bond acceptors (Lipinski definition) is 2. The number of nitrogens with one attached hydrogen (secondary N) is 1. The van der Waals surface area contributed by atoms with Crippen molar-refractivity contribution in [1.82, 2.24) is 0 Å². The number of carbonyl (C=O) groups excluding carboxylic acids is 1. The molecular weight excluding hydrogens is 214 g/mol. The molecule has 1 aromatic carbocycles. The summed E-state index contributed by atoms with van der Waals surface area (Å²) in [6.07, 6.45) is 0. The molecule has 2 unspecified atom stereocenters. The Bertz CT molecular complexity index is 440. The number of ether oxygens (including phenoxy) is 1. The van der Waals surface area contributed by atoms with Crippen LogP contribution >= 0.6 is 0 Å². The van der Waals surface area contributed by atoms with E-state index in [1.165, 1.54) is 0 Å². The highest BCUT2D eigenvalue weighted by Gasteiger charge is 2.36. The maximum absolute atomic E-state index is 12.0. The monoisotopic (exact) mass is 233 g/mol. The Morgan fingerprint density at radius 3 is 2.59 bits per heavy atom. The quantitative estimate of drug-likeness (QED) is 0.871. The van der Waals surface area contributed by atoms with Crippen molar-refractivity contribution in [3.63, 3.8) is 0 Å². The largest absolute Gasteiger partial charge is 0.497 e. The fraction of sp³-hybridized carbons (Fsp3) is 0.500. The minimum atomic E-state index is -0.0555. The minimum Gasteiger partial charge on any atom is -0.497 e. The van der Waals surface area contributed by atoms with Crippen molar-refractivity contribution in [1.29, 1.82) is 0 Å². The Kier molecular flexibility index (Phi) is 3.09. The fourth-order valence-corrected chi connectivity index (χ4v) is 2.30. The van der Waals surface area contributed by atoms with Gasteiger partial charge in [-0.1, -0.05) is 20.8 Å². The van der Waals surface area contributed by atoms with E-state index in [0.29, 0.717) is 11.8 Å². The first kappa shape index (κ1) is 12.0. The molecule has 1 N–H and O–H groups in total. The number of amides is 1. The molecule has 3 nitrogen and oxygen atoms in total. The summed E-state index contributed by atoms with van der Waals surface area (Å²) in [4.78, 5) is 12.0. The van der Waals surface area contributed by atoms with Gasteiger partial charge in [-0.25, -0.2) is 0 Å². The predicted molar refractivity (Wildman–Crippen MR) is 68.4 cm³/mol. The Morgan fingerprint density at radius 1 is 1.29 bits per heavy atom. The van der Waals surface area contributed by atoms with Crippen molar-refractivity contribution < 1.29 is 9.53 Å². The summed E-state index contributed by atoms with van der Waals surface area (Å²) >= 11 is 0. The summed E-state index contributed by atoms with van der Waals surface area (Å²) in [6, 6.07) is 5.76. The van der Waals surface area contributed by atoms with Gasteiger partial charge in [0.1, 0.15) is 5.75 Å². The first-order valence-corrected chi connectivity index (χ1v) is 6.03. The molecule has 92 valence electrons. The highest BCUT2D eigenvalue weighted by molar-refractivity contribution is 6.03. The molecule has 0 spiro atoms. The van der Waals surface area contributed by atoms with E-state index >= 15 is 0 Å². The second kappa shape index (κ2) is 4.40. The highest BCUT2D eigenvalue weighted by Crippen LogP contribution is 2.41. The number of benzene rings is 1.